The standard InChI is InChI=1S/C18H22BF4NO3/c1-11(25)24-10-13(19-26-16(2,3)17(4,5)27-19)8-12-6-7-15(20)14(9-12)18(21,22)23/h6-9H,10H2,1-5H3,(H,24,25). The second-order valence-electron chi connectivity index (χ2n) is 7.45. The minimum Gasteiger partial charge on any atom is -0.400 e. The fraction of sp³-hybridized carbons (Fsp3) is 0.500. The molecule has 1 heterocycles. The zero-order valence-electron chi connectivity index (χ0n) is 15.8. The van der Waals surface area contributed by atoms with E-state index >= 15 is 0 Å². The number of nitrogens with one attached hydrogen (secondary N) is 1. The Bertz CT molecular complexity index is 743. The number of hydrogen-bond donors (Lipinski definition) is 1. The Labute approximate surface area is 156 Å². The molecule has 1 aromatic carbocycles. The van der Waals surface area contributed by atoms with E-state index in [1.54, 1.807) is 0 Å². The molecule has 0 bridgehead atoms. The van der Waals surface area contributed by atoms with E-state index in [4.69, 9.17) is 9.31 Å². The summed E-state index contributed by atoms with van der Waals surface area (Å²) < 4.78 is 64.2. The minimum absolute atomic E-state index is 0.0187. The van der Waals surface area contributed by atoms with Crippen molar-refractivity contribution in [3.63, 3.8) is 0 Å². The second kappa shape index (κ2) is 7.28. The first-order valence-corrected chi connectivity index (χ1v) is 8.40. The largest absolute Gasteiger partial charge is 0.492 e. The van der Waals surface area contributed by atoms with E-state index < -0.39 is 35.9 Å². The van der Waals surface area contributed by atoms with Gasteiger partial charge in [-0.3, -0.25) is 4.79 Å². The Morgan fingerprint density at radius 2 is 1.74 bits per heavy atom. The molecule has 0 aliphatic carbocycles. The first kappa shape index (κ1) is 21.4. The molecule has 1 fully saturated rings. The highest BCUT2D eigenvalue weighted by Crippen LogP contribution is 2.39. The molecule has 148 valence electrons. The van der Waals surface area contributed by atoms with Crippen LogP contribution in [0.3, 0.4) is 0 Å². The van der Waals surface area contributed by atoms with E-state index in [0.717, 1.165) is 6.07 Å². The van der Waals surface area contributed by atoms with Gasteiger partial charge in [0.15, 0.2) is 0 Å². The number of hydrogen-bond acceptors (Lipinski definition) is 3. The van der Waals surface area contributed by atoms with Crippen molar-refractivity contribution < 1.29 is 31.7 Å². The van der Waals surface area contributed by atoms with Gasteiger partial charge in [0, 0.05) is 13.5 Å². The zero-order chi connectivity index (χ0) is 20.6. The summed E-state index contributed by atoms with van der Waals surface area (Å²) in [5, 5.41) is 2.59. The molecule has 0 spiro atoms. The Balaban J connectivity index is 2.42. The maximum absolute atomic E-state index is 13.5. The molecule has 4 nitrogen and oxygen atoms in total. The maximum Gasteiger partial charge on any atom is 0.492 e. The molecule has 0 saturated carbocycles. The summed E-state index contributed by atoms with van der Waals surface area (Å²) in [4.78, 5) is 11.3. The van der Waals surface area contributed by atoms with E-state index in [9.17, 15) is 22.4 Å². The molecule has 1 aliphatic rings. The van der Waals surface area contributed by atoms with Crippen LogP contribution >= 0.6 is 0 Å². The average Bonchev–Trinajstić information content (AvgIpc) is 2.72. The van der Waals surface area contributed by atoms with Gasteiger partial charge in [0.2, 0.25) is 5.91 Å². The highest BCUT2D eigenvalue weighted by molar-refractivity contribution is 6.56. The molecule has 27 heavy (non-hydrogen) atoms. The lowest BCUT2D eigenvalue weighted by Crippen LogP contribution is -2.41. The first-order valence-electron chi connectivity index (χ1n) is 8.40. The molecule has 9 heteroatoms. The van der Waals surface area contributed by atoms with Gasteiger partial charge in [-0.25, -0.2) is 4.39 Å². The molecule has 0 radical (unpaired) electrons. The fourth-order valence-electron chi connectivity index (χ4n) is 2.49. The number of carbonyl (C=O) groups is 1. The smallest absolute Gasteiger partial charge is 0.400 e. The summed E-state index contributed by atoms with van der Waals surface area (Å²) >= 11 is 0. The molecule has 1 aromatic rings. The van der Waals surface area contributed by atoms with Crippen molar-refractivity contribution >= 4 is 19.1 Å². The lowest BCUT2D eigenvalue weighted by atomic mass is 9.77. The average molecular weight is 387 g/mol. The third-order valence-electron chi connectivity index (χ3n) is 4.75. The van der Waals surface area contributed by atoms with E-state index in [2.05, 4.69) is 5.32 Å². The van der Waals surface area contributed by atoms with Gasteiger partial charge in [-0.05, 0) is 50.9 Å². The van der Waals surface area contributed by atoms with Crippen LogP contribution in [0.2, 0.25) is 0 Å². The molecule has 0 unspecified atom stereocenters. The number of amides is 1. The van der Waals surface area contributed by atoms with Crippen LogP contribution in [-0.4, -0.2) is 30.8 Å². The van der Waals surface area contributed by atoms with Gasteiger partial charge in [0.05, 0.1) is 16.8 Å². The number of carbonyl (C=O) groups excluding carboxylic acids is 1. The molecular formula is C18H22BF4NO3. The van der Waals surface area contributed by atoms with Crippen molar-refractivity contribution in [2.45, 2.75) is 52.0 Å². The number of benzene rings is 1. The normalized spacial score (nSPS) is 19.3. The van der Waals surface area contributed by atoms with E-state index in [0.29, 0.717) is 11.5 Å². The molecule has 1 aliphatic heterocycles. The molecule has 1 N–H and O–H groups in total. The molecule has 0 aromatic heterocycles. The van der Waals surface area contributed by atoms with Crippen molar-refractivity contribution in [2.24, 2.45) is 0 Å². The van der Waals surface area contributed by atoms with Crippen molar-refractivity contribution in [3.8, 4) is 0 Å². The molecule has 0 atom stereocenters. The molecule has 1 amide bonds. The fourth-order valence-corrected chi connectivity index (χ4v) is 2.49. The summed E-state index contributed by atoms with van der Waals surface area (Å²) in [7, 11) is -0.860. The maximum atomic E-state index is 13.5. The van der Waals surface area contributed by atoms with Gasteiger partial charge in [-0.2, -0.15) is 13.2 Å². The predicted octanol–water partition coefficient (Wildman–Crippen LogP) is 4.00. The van der Waals surface area contributed by atoms with E-state index in [1.165, 1.54) is 19.1 Å². The van der Waals surface area contributed by atoms with Gasteiger partial charge in [-0.15, -0.1) is 0 Å². The highest BCUT2D eigenvalue weighted by Gasteiger charge is 2.52. The number of rotatable bonds is 4. The summed E-state index contributed by atoms with van der Waals surface area (Å²) in [6.45, 7) is 8.68. The topological polar surface area (TPSA) is 47.6 Å². The van der Waals surface area contributed by atoms with E-state index in [-0.39, 0.29) is 18.0 Å². The number of alkyl halides is 3. The Morgan fingerprint density at radius 1 is 1.19 bits per heavy atom. The zero-order valence-corrected chi connectivity index (χ0v) is 15.8. The molecule has 1 saturated heterocycles. The third-order valence-corrected chi connectivity index (χ3v) is 4.75. The molecule has 2 rings (SSSR count). The van der Waals surface area contributed by atoms with Crippen LogP contribution in [0.15, 0.2) is 23.7 Å². The van der Waals surface area contributed by atoms with Gasteiger partial charge in [0.25, 0.3) is 0 Å². The van der Waals surface area contributed by atoms with Crippen molar-refractivity contribution in [2.75, 3.05) is 6.54 Å². The van der Waals surface area contributed by atoms with Crippen molar-refractivity contribution in [1.29, 1.82) is 0 Å². The Kier molecular flexibility index (Phi) is 5.78. The van der Waals surface area contributed by atoms with Crippen LogP contribution < -0.4 is 5.32 Å². The molecular weight excluding hydrogens is 365 g/mol. The predicted molar refractivity (Wildman–Crippen MR) is 94.1 cm³/mol. The SMILES string of the molecule is CC(=O)NCC(=Cc1ccc(F)c(C(F)(F)F)c1)B1OC(C)(C)C(C)(C)O1. The van der Waals surface area contributed by atoms with Crippen LogP contribution in [-0.2, 0) is 20.3 Å². The number of halogens is 4. The van der Waals surface area contributed by atoms with Crippen LogP contribution in [0.4, 0.5) is 17.6 Å². The lowest BCUT2D eigenvalue weighted by Gasteiger charge is -2.32. The van der Waals surface area contributed by atoms with Gasteiger partial charge >= 0.3 is 13.3 Å². The lowest BCUT2D eigenvalue weighted by molar-refractivity contribution is -0.140. The summed E-state index contributed by atoms with van der Waals surface area (Å²) in [5.74, 6) is -1.66. The van der Waals surface area contributed by atoms with Crippen LogP contribution in [0.1, 0.15) is 45.7 Å². The Morgan fingerprint density at radius 3 is 2.22 bits per heavy atom. The Hall–Kier alpha value is -1.87. The van der Waals surface area contributed by atoms with E-state index in [1.807, 2.05) is 27.7 Å². The van der Waals surface area contributed by atoms with Crippen LogP contribution in [0.5, 0.6) is 0 Å². The first-order chi connectivity index (χ1) is 12.2. The second-order valence-corrected chi connectivity index (χ2v) is 7.45. The van der Waals surface area contributed by atoms with Crippen molar-refractivity contribution in [3.05, 3.63) is 40.6 Å². The van der Waals surface area contributed by atoms with Gasteiger partial charge in [0.1, 0.15) is 5.82 Å². The minimum atomic E-state index is -4.81. The quantitative estimate of drug-likeness (QED) is 0.628. The van der Waals surface area contributed by atoms with Gasteiger partial charge < -0.3 is 14.6 Å². The van der Waals surface area contributed by atoms with Crippen LogP contribution in [0, 0.1) is 5.82 Å². The third kappa shape index (κ3) is 4.90. The van der Waals surface area contributed by atoms with Crippen LogP contribution in [0.25, 0.3) is 6.08 Å². The monoisotopic (exact) mass is 387 g/mol. The summed E-state index contributed by atoms with van der Waals surface area (Å²) in [6.07, 6.45) is -3.40. The summed E-state index contributed by atoms with van der Waals surface area (Å²) in [5.41, 5.74) is -2.13. The van der Waals surface area contributed by atoms with Gasteiger partial charge in [-0.1, -0.05) is 12.1 Å². The highest BCUT2D eigenvalue weighted by atomic mass is 19.4. The summed E-state index contributed by atoms with van der Waals surface area (Å²) in [6, 6.07) is 2.70. The van der Waals surface area contributed by atoms with Crippen molar-refractivity contribution in [1.82, 2.24) is 5.32 Å².